The number of nitrogens with zero attached hydrogens (tertiary/aromatic N) is 5. The molecule has 5 nitrogen and oxygen atoms in total. The molecule has 230 valence electrons. The molecule has 6 heteroatoms. The normalized spacial score (nSPS) is 11.3. The molecule has 0 saturated carbocycles. The van der Waals surface area contributed by atoms with Crippen LogP contribution in [-0.2, 0) is 0 Å². The number of rotatable bonds is 6. The van der Waals surface area contributed by atoms with E-state index in [2.05, 4.69) is 96.0 Å². The van der Waals surface area contributed by atoms with E-state index in [-0.39, 0.29) is 0 Å². The van der Waals surface area contributed by atoms with Gasteiger partial charge in [0.05, 0.1) is 15.9 Å². The zero-order valence-corrected chi connectivity index (χ0v) is 27.0. The molecule has 9 aromatic rings. The maximum absolute atomic E-state index is 4.92. The molecule has 6 aromatic carbocycles. The van der Waals surface area contributed by atoms with E-state index in [0.717, 1.165) is 65.8 Å². The fourth-order valence-electron chi connectivity index (χ4n) is 6.21. The van der Waals surface area contributed by atoms with Crippen molar-refractivity contribution in [3.05, 3.63) is 164 Å². The molecule has 0 aliphatic rings. The third-order valence-electron chi connectivity index (χ3n) is 8.65. The van der Waals surface area contributed by atoms with Crippen molar-refractivity contribution in [3.63, 3.8) is 0 Å². The van der Waals surface area contributed by atoms with Gasteiger partial charge in [0.25, 0.3) is 0 Å². The van der Waals surface area contributed by atoms with Crippen LogP contribution in [0.2, 0.25) is 0 Å². The summed E-state index contributed by atoms with van der Waals surface area (Å²) in [5.74, 6) is 1.92. The van der Waals surface area contributed by atoms with Crippen molar-refractivity contribution in [2.24, 2.45) is 0 Å². The molecule has 0 atom stereocenters. The van der Waals surface area contributed by atoms with Crippen molar-refractivity contribution in [2.45, 2.75) is 0 Å². The first kappa shape index (κ1) is 28.8. The highest BCUT2D eigenvalue weighted by Crippen LogP contribution is 2.40. The van der Waals surface area contributed by atoms with E-state index in [1.54, 1.807) is 17.7 Å². The first-order valence-electron chi connectivity index (χ1n) is 16.1. The van der Waals surface area contributed by atoms with Crippen LogP contribution in [0.3, 0.4) is 0 Å². The SMILES string of the molecule is c1ccc(-c2cc(-c3ccc(-c4nc(-c5ccccc5)nc(-c5ccccc5)n4)cc3)cc(-c3ncnc4c3sc3ccccc34)c2)cc1. The summed E-state index contributed by atoms with van der Waals surface area (Å²) in [5.41, 5.74) is 10.3. The first-order chi connectivity index (χ1) is 24.3. The van der Waals surface area contributed by atoms with Crippen LogP contribution in [0.5, 0.6) is 0 Å². The topological polar surface area (TPSA) is 64.5 Å². The minimum absolute atomic E-state index is 0.631. The molecule has 0 spiro atoms. The molecular weight excluding hydrogens is 619 g/mol. The molecule has 0 unspecified atom stereocenters. The van der Waals surface area contributed by atoms with E-state index in [4.69, 9.17) is 19.9 Å². The van der Waals surface area contributed by atoms with Gasteiger partial charge < -0.3 is 0 Å². The van der Waals surface area contributed by atoms with E-state index < -0.39 is 0 Å². The summed E-state index contributed by atoms with van der Waals surface area (Å²) in [6, 6.07) is 54.2. The van der Waals surface area contributed by atoms with Crippen molar-refractivity contribution >= 4 is 31.6 Å². The molecule has 0 bridgehead atoms. The molecule has 0 saturated heterocycles. The molecule has 0 aliphatic heterocycles. The molecule has 49 heavy (non-hydrogen) atoms. The number of hydrogen-bond acceptors (Lipinski definition) is 6. The lowest BCUT2D eigenvalue weighted by Crippen LogP contribution is -2.00. The maximum atomic E-state index is 4.92. The Bertz CT molecular complexity index is 2530. The van der Waals surface area contributed by atoms with Crippen molar-refractivity contribution in [1.29, 1.82) is 0 Å². The van der Waals surface area contributed by atoms with Gasteiger partial charge in [-0.1, -0.05) is 133 Å². The van der Waals surface area contributed by atoms with Crippen LogP contribution >= 0.6 is 11.3 Å². The van der Waals surface area contributed by atoms with Gasteiger partial charge in [-0.05, 0) is 46.5 Å². The Balaban J connectivity index is 1.16. The van der Waals surface area contributed by atoms with Gasteiger partial charge in [-0.3, -0.25) is 0 Å². The third kappa shape index (κ3) is 5.54. The largest absolute Gasteiger partial charge is 0.235 e. The Labute approximate surface area is 287 Å². The fraction of sp³-hybridized carbons (Fsp3) is 0. The second kappa shape index (κ2) is 12.3. The maximum Gasteiger partial charge on any atom is 0.164 e. The predicted octanol–water partition coefficient (Wildman–Crippen LogP) is 11.0. The summed E-state index contributed by atoms with van der Waals surface area (Å²) >= 11 is 1.74. The summed E-state index contributed by atoms with van der Waals surface area (Å²) in [7, 11) is 0. The minimum atomic E-state index is 0.631. The van der Waals surface area contributed by atoms with Gasteiger partial charge in [-0.2, -0.15) is 0 Å². The standard InChI is InChI=1S/C43H27N5S/c1-4-12-28(13-5-1)33-24-34(26-35(25-33)38-40-39(45-27-44-38)36-18-10-11-19-37(36)49-40)29-20-22-32(23-21-29)43-47-41(30-14-6-2-7-15-30)46-42(48-43)31-16-8-3-9-17-31/h1-27H. The second-order valence-electron chi connectivity index (χ2n) is 11.8. The molecule has 0 radical (unpaired) electrons. The number of thiophene rings is 1. The monoisotopic (exact) mass is 645 g/mol. The fourth-order valence-corrected chi connectivity index (χ4v) is 7.37. The van der Waals surface area contributed by atoms with Gasteiger partial charge in [-0.15, -0.1) is 11.3 Å². The van der Waals surface area contributed by atoms with Gasteiger partial charge in [0.2, 0.25) is 0 Å². The molecule has 0 amide bonds. The van der Waals surface area contributed by atoms with Gasteiger partial charge in [-0.25, -0.2) is 24.9 Å². The molecule has 9 rings (SSSR count). The highest BCUT2D eigenvalue weighted by atomic mass is 32.1. The van der Waals surface area contributed by atoms with Crippen LogP contribution in [0, 0.1) is 0 Å². The van der Waals surface area contributed by atoms with E-state index >= 15 is 0 Å². The Hall–Kier alpha value is -6.37. The zero-order valence-electron chi connectivity index (χ0n) is 26.2. The van der Waals surface area contributed by atoms with E-state index in [1.807, 2.05) is 66.7 Å². The van der Waals surface area contributed by atoms with Gasteiger partial charge >= 0.3 is 0 Å². The number of hydrogen-bond donors (Lipinski definition) is 0. The Morgan fingerprint density at radius 1 is 0.367 bits per heavy atom. The molecule has 3 heterocycles. The molecule has 3 aromatic heterocycles. The lowest BCUT2D eigenvalue weighted by molar-refractivity contribution is 1.07. The molecule has 0 aliphatic carbocycles. The van der Waals surface area contributed by atoms with Crippen LogP contribution in [-0.4, -0.2) is 24.9 Å². The average molecular weight is 646 g/mol. The summed E-state index contributed by atoms with van der Waals surface area (Å²) in [6.45, 7) is 0. The van der Waals surface area contributed by atoms with E-state index in [9.17, 15) is 0 Å². The highest BCUT2D eigenvalue weighted by molar-refractivity contribution is 7.26. The minimum Gasteiger partial charge on any atom is -0.235 e. The third-order valence-corrected chi connectivity index (χ3v) is 9.81. The van der Waals surface area contributed by atoms with E-state index in [1.165, 1.54) is 4.70 Å². The number of benzene rings is 6. The van der Waals surface area contributed by atoms with Crippen molar-refractivity contribution in [1.82, 2.24) is 24.9 Å². The van der Waals surface area contributed by atoms with Crippen LogP contribution in [0.4, 0.5) is 0 Å². The summed E-state index contributed by atoms with van der Waals surface area (Å²) < 4.78 is 2.30. The molecule has 0 fully saturated rings. The van der Waals surface area contributed by atoms with Gasteiger partial charge in [0, 0.05) is 32.3 Å². The van der Waals surface area contributed by atoms with Crippen LogP contribution in [0.25, 0.3) is 88.0 Å². The first-order valence-corrected chi connectivity index (χ1v) is 16.9. The quantitative estimate of drug-likeness (QED) is 0.180. The van der Waals surface area contributed by atoms with Crippen LogP contribution < -0.4 is 0 Å². The predicted molar refractivity (Wildman–Crippen MR) is 201 cm³/mol. The van der Waals surface area contributed by atoms with Crippen LogP contribution in [0.15, 0.2) is 164 Å². The molecule has 0 N–H and O–H groups in total. The molecular formula is C43H27N5S. The van der Waals surface area contributed by atoms with Crippen molar-refractivity contribution in [3.8, 4) is 67.7 Å². The Morgan fingerprint density at radius 2 is 0.816 bits per heavy atom. The zero-order chi connectivity index (χ0) is 32.6. The lowest BCUT2D eigenvalue weighted by atomic mass is 9.94. The lowest BCUT2D eigenvalue weighted by Gasteiger charge is -2.12. The summed E-state index contributed by atoms with van der Waals surface area (Å²) in [6.07, 6.45) is 1.68. The van der Waals surface area contributed by atoms with Gasteiger partial charge in [0.15, 0.2) is 17.5 Å². The number of fused-ring (bicyclic) bond motifs is 3. The van der Waals surface area contributed by atoms with Crippen molar-refractivity contribution < 1.29 is 0 Å². The van der Waals surface area contributed by atoms with E-state index in [0.29, 0.717) is 17.5 Å². The second-order valence-corrected chi connectivity index (χ2v) is 12.8. The van der Waals surface area contributed by atoms with Crippen molar-refractivity contribution in [2.75, 3.05) is 0 Å². The smallest absolute Gasteiger partial charge is 0.164 e. The number of aromatic nitrogens is 5. The Kier molecular flexibility index (Phi) is 7.26. The Morgan fingerprint density at radius 3 is 1.41 bits per heavy atom. The van der Waals surface area contributed by atoms with Crippen LogP contribution in [0.1, 0.15) is 0 Å². The summed E-state index contributed by atoms with van der Waals surface area (Å²) in [5, 5.41) is 1.16. The highest BCUT2D eigenvalue weighted by Gasteiger charge is 2.16. The van der Waals surface area contributed by atoms with Gasteiger partial charge in [0.1, 0.15) is 6.33 Å². The average Bonchev–Trinajstić information content (AvgIpc) is 3.58. The summed E-state index contributed by atoms with van der Waals surface area (Å²) in [4.78, 5) is 24.2.